The van der Waals surface area contributed by atoms with E-state index in [2.05, 4.69) is 27.7 Å². The van der Waals surface area contributed by atoms with Gasteiger partial charge in [0.1, 0.15) is 17.8 Å². The van der Waals surface area contributed by atoms with E-state index in [0.717, 1.165) is 6.42 Å². The fourth-order valence-corrected chi connectivity index (χ4v) is 4.03. The van der Waals surface area contributed by atoms with Gasteiger partial charge < -0.3 is 28.3 Å². The second-order valence-corrected chi connectivity index (χ2v) is 8.63. The molecule has 1 spiro atoms. The summed E-state index contributed by atoms with van der Waals surface area (Å²) in [5.74, 6) is -0.486. The lowest BCUT2D eigenvalue weighted by Gasteiger charge is -2.32. The topological polar surface area (TPSA) is 55.4 Å². The molecule has 0 bridgehead atoms. The lowest BCUT2D eigenvalue weighted by molar-refractivity contribution is -0.232. The number of ether oxygens (including phenoxy) is 4. The van der Waals surface area contributed by atoms with Crippen LogP contribution >= 0.6 is 0 Å². The Kier molecular flexibility index (Phi) is 3.19. The third-order valence-electron chi connectivity index (χ3n) is 6.05. The van der Waals surface area contributed by atoms with Gasteiger partial charge in [-0.3, -0.25) is 0 Å². The van der Waals surface area contributed by atoms with Crippen molar-refractivity contribution in [2.24, 2.45) is 0 Å². The van der Waals surface area contributed by atoms with Crippen LogP contribution in [0.4, 0.5) is 0 Å². The summed E-state index contributed by atoms with van der Waals surface area (Å²) in [6.45, 7) is 12.1. The van der Waals surface area contributed by atoms with Gasteiger partial charge in [0, 0.05) is 12.9 Å². The van der Waals surface area contributed by atoms with E-state index in [1.54, 1.807) is 7.11 Å². The van der Waals surface area contributed by atoms with Crippen LogP contribution in [0, 0.1) is 0 Å². The van der Waals surface area contributed by atoms with Crippen LogP contribution in [0.2, 0.25) is 5.82 Å². The zero-order valence-corrected chi connectivity index (χ0v) is 15.0. The SMILES string of the molecule is CO[C@@H]1O[C@]2(C[C@@H]2B2OC(C)(C)C(C)(C)O2)C2OC(C)(C)OC21. The molecule has 23 heavy (non-hydrogen) atoms. The average molecular weight is 326 g/mol. The highest BCUT2D eigenvalue weighted by Gasteiger charge is 2.78. The van der Waals surface area contributed by atoms with Crippen LogP contribution in [-0.4, -0.2) is 55.3 Å². The van der Waals surface area contributed by atoms with E-state index < -0.39 is 17.7 Å². The van der Waals surface area contributed by atoms with Crippen molar-refractivity contribution in [3.63, 3.8) is 0 Å². The molecular weight excluding hydrogens is 299 g/mol. The summed E-state index contributed by atoms with van der Waals surface area (Å²) < 4.78 is 36.2. The first-order chi connectivity index (χ1) is 10.5. The highest BCUT2D eigenvalue weighted by atomic mass is 16.8. The highest BCUT2D eigenvalue weighted by molar-refractivity contribution is 6.49. The number of hydrogen-bond acceptors (Lipinski definition) is 6. The summed E-state index contributed by atoms with van der Waals surface area (Å²) in [4.78, 5) is 0. The van der Waals surface area contributed by atoms with Gasteiger partial charge in [0.15, 0.2) is 12.1 Å². The maximum Gasteiger partial charge on any atom is 0.464 e. The van der Waals surface area contributed by atoms with E-state index in [9.17, 15) is 0 Å². The fourth-order valence-electron chi connectivity index (χ4n) is 4.03. The van der Waals surface area contributed by atoms with Crippen LogP contribution in [-0.2, 0) is 28.3 Å². The van der Waals surface area contributed by atoms with Crippen molar-refractivity contribution in [3.8, 4) is 0 Å². The fraction of sp³-hybridized carbons (Fsp3) is 1.00. The Hall–Kier alpha value is -0.175. The molecule has 1 saturated carbocycles. The van der Waals surface area contributed by atoms with Crippen LogP contribution < -0.4 is 0 Å². The Balaban J connectivity index is 1.56. The van der Waals surface area contributed by atoms with Crippen molar-refractivity contribution < 1.29 is 28.3 Å². The van der Waals surface area contributed by atoms with Gasteiger partial charge in [-0.15, -0.1) is 0 Å². The molecule has 0 aromatic carbocycles. The lowest BCUT2D eigenvalue weighted by atomic mass is 9.78. The monoisotopic (exact) mass is 326 g/mol. The van der Waals surface area contributed by atoms with Gasteiger partial charge in [-0.05, 0) is 48.0 Å². The number of rotatable bonds is 2. The minimum absolute atomic E-state index is 0.133. The summed E-state index contributed by atoms with van der Waals surface area (Å²) in [6.07, 6.45) is 0.0766. The van der Waals surface area contributed by atoms with Gasteiger partial charge in [-0.25, -0.2) is 0 Å². The molecule has 3 saturated heterocycles. The zero-order chi connectivity index (χ0) is 16.8. The first-order valence-corrected chi connectivity index (χ1v) is 8.43. The van der Waals surface area contributed by atoms with Crippen molar-refractivity contribution in [1.82, 2.24) is 0 Å². The van der Waals surface area contributed by atoms with Gasteiger partial charge in [-0.2, -0.15) is 0 Å². The van der Waals surface area contributed by atoms with Crippen LogP contribution in [0.5, 0.6) is 0 Å². The summed E-state index contributed by atoms with van der Waals surface area (Å²) in [6, 6.07) is 0. The van der Waals surface area contributed by atoms with Crippen molar-refractivity contribution >= 4 is 7.12 Å². The summed E-state index contributed by atoms with van der Waals surface area (Å²) in [5, 5.41) is 0. The summed E-state index contributed by atoms with van der Waals surface area (Å²) in [5.41, 5.74) is -1.11. The highest BCUT2D eigenvalue weighted by Crippen LogP contribution is 2.66. The average Bonchev–Trinajstić information content (AvgIpc) is 2.86. The molecule has 4 fully saturated rings. The third-order valence-corrected chi connectivity index (χ3v) is 6.05. The number of methoxy groups -OCH3 is 1. The number of fused-ring (bicyclic) bond motifs is 2. The minimum Gasteiger partial charge on any atom is -0.403 e. The Labute approximate surface area is 138 Å². The summed E-state index contributed by atoms with van der Waals surface area (Å²) in [7, 11) is 1.35. The molecule has 0 N–H and O–H groups in total. The standard InChI is InChI=1S/C16H27BO6/c1-13(2)14(3,4)23-17(22-13)9-8-16(9)11-10(12(18-7)21-16)19-15(5,6)20-11/h9-12H,8H2,1-7H3/t9-,10?,11?,12+,16-/m0/s1. The molecule has 130 valence electrons. The third kappa shape index (κ3) is 2.17. The van der Waals surface area contributed by atoms with Crippen LogP contribution in [0.15, 0.2) is 0 Å². The quantitative estimate of drug-likeness (QED) is 0.725. The molecule has 0 amide bonds. The van der Waals surface area contributed by atoms with Gasteiger partial charge in [-0.1, -0.05) is 0 Å². The van der Waals surface area contributed by atoms with Gasteiger partial charge in [0.05, 0.1) is 11.2 Å². The Morgan fingerprint density at radius 2 is 1.52 bits per heavy atom. The zero-order valence-electron chi connectivity index (χ0n) is 15.0. The molecule has 0 radical (unpaired) electrons. The van der Waals surface area contributed by atoms with E-state index in [1.807, 2.05) is 13.8 Å². The van der Waals surface area contributed by atoms with Gasteiger partial charge in [0.2, 0.25) is 0 Å². The Morgan fingerprint density at radius 3 is 2.09 bits per heavy atom. The largest absolute Gasteiger partial charge is 0.464 e. The molecule has 1 aliphatic carbocycles. The molecule has 4 rings (SSSR count). The molecule has 6 nitrogen and oxygen atoms in total. The second-order valence-electron chi connectivity index (χ2n) is 8.63. The van der Waals surface area contributed by atoms with E-state index >= 15 is 0 Å². The molecule has 3 aliphatic heterocycles. The molecule has 4 aliphatic rings. The summed E-state index contributed by atoms with van der Waals surface area (Å²) >= 11 is 0. The molecule has 0 aromatic rings. The Morgan fingerprint density at radius 1 is 0.913 bits per heavy atom. The maximum atomic E-state index is 6.20. The first kappa shape index (κ1) is 16.3. The molecule has 0 aromatic heterocycles. The van der Waals surface area contributed by atoms with Crippen LogP contribution in [0.1, 0.15) is 48.0 Å². The van der Waals surface area contributed by atoms with Crippen molar-refractivity contribution in [2.75, 3.05) is 7.11 Å². The second kappa shape index (κ2) is 4.51. The molecule has 2 unspecified atom stereocenters. The smallest absolute Gasteiger partial charge is 0.403 e. The van der Waals surface area contributed by atoms with Crippen molar-refractivity contribution in [1.29, 1.82) is 0 Å². The van der Waals surface area contributed by atoms with Gasteiger partial charge >= 0.3 is 7.12 Å². The molecular formula is C16H27BO6. The van der Waals surface area contributed by atoms with Crippen molar-refractivity contribution in [2.45, 2.75) is 94.9 Å². The van der Waals surface area contributed by atoms with Gasteiger partial charge in [0.25, 0.3) is 0 Å². The number of hydrogen-bond donors (Lipinski definition) is 0. The Bertz CT molecular complexity index is 505. The van der Waals surface area contributed by atoms with E-state index in [0.29, 0.717) is 0 Å². The predicted molar refractivity (Wildman–Crippen MR) is 82.9 cm³/mol. The van der Waals surface area contributed by atoms with E-state index in [-0.39, 0.29) is 36.3 Å². The molecule has 7 heteroatoms. The first-order valence-electron chi connectivity index (χ1n) is 8.43. The van der Waals surface area contributed by atoms with E-state index in [4.69, 9.17) is 28.3 Å². The minimum atomic E-state index is -0.619. The molecule has 5 atom stereocenters. The molecule has 3 heterocycles. The maximum absolute atomic E-state index is 6.20. The normalized spacial score (nSPS) is 48.9. The van der Waals surface area contributed by atoms with Crippen molar-refractivity contribution in [3.05, 3.63) is 0 Å². The lowest BCUT2D eigenvalue weighted by Crippen LogP contribution is -2.41. The predicted octanol–water partition coefficient (Wildman–Crippen LogP) is 2.11. The van der Waals surface area contributed by atoms with Crippen LogP contribution in [0.3, 0.4) is 0 Å². The van der Waals surface area contributed by atoms with Crippen LogP contribution in [0.25, 0.3) is 0 Å². The van der Waals surface area contributed by atoms with E-state index in [1.165, 1.54) is 0 Å².